The Kier molecular flexibility index (Phi) is 2.85. The van der Waals surface area contributed by atoms with Crippen LogP contribution in [0.15, 0.2) is 12.1 Å². The zero-order chi connectivity index (χ0) is 10.1. The molecule has 0 N–H and O–H groups in total. The number of halogens is 1. The topological polar surface area (TPSA) is 18.5 Å². The third kappa shape index (κ3) is 1.47. The minimum atomic E-state index is 0.713. The first-order chi connectivity index (χ1) is 6.80. The first-order valence-corrected chi connectivity index (χ1v) is 6.13. The molecule has 0 bridgehead atoms. The van der Waals surface area contributed by atoms with Gasteiger partial charge in [0.15, 0.2) is 11.5 Å². The van der Waals surface area contributed by atoms with Crippen LogP contribution >= 0.6 is 22.6 Å². The normalized spacial score (nSPS) is 18.4. The van der Waals surface area contributed by atoms with Crippen molar-refractivity contribution in [3.8, 4) is 11.5 Å². The lowest BCUT2D eigenvalue weighted by atomic mass is 9.78. The van der Waals surface area contributed by atoms with E-state index in [-0.39, 0.29) is 0 Å². The molecule has 1 aromatic carbocycles. The fourth-order valence-corrected chi connectivity index (χ4v) is 2.66. The molecular weight excluding hydrogens is 291 g/mol. The summed E-state index contributed by atoms with van der Waals surface area (Å²) >= 11 is 2.43. The standard InChI is InChI=1S/C11H13IO2/c1-13-10-4-7-3-8(6-12)9(7)5-11(10)14-2/h4-5,8H,3,6H2,1-2H3/t8-/m1/s1. The highest BCUT2D eigenvalue weighted by atomic mass is 127. The Morgan fingerprint density at radius 1 is 1.29 bits per heavy atom. The van der Waals surface area contributed by atoms with E-state index in [1.807, 2.05) is 0 Å². The van der Waals surface area contributed by atoms with Gasteiger partial charge in [0.2, 0.25) is 0 Å². The Bertz CT molecular complexity index is 349. The summed E-state index contributed by atoms with van der Waals surface area (Å²) in [5, 5.41) is 0. The first kappa shape index (κ1) is 10.1. The maximum atomic E-state index is 5.27. The third-order valence-electron chi connectivity index (χ3n) is 2.74. The van der Waals surface area contributed by atoms with Gasteiger partial charge in [-0.2, -0.15) is 0 Å². The molecule has 1 aliphatic rings. The number of hydrogen-bond acceptors (Lipinski definition) is 2. The summed E-state index contributed by atoms with van der Waals surface area (Å²) in [4.78, 5) is 0. The zero-order valence-corrected chi connectivity index (χ0v) is 10.5. The Labute approximate surface area is 97.7 Å². The van der Waals surface area contributed by atoms with Crippen LogP contribution in [0.4, 0.5) is 0 Å². The van der Waals surface area contributed by atoms with Gasteiger partial charge < -0.3 is 9.47 Å². The van der Waals surface area contributed by atoms with Crippen LogP contribution in [-0.4, -0.2) is 18.6 Å². The van der Waals surface area contributed by atoms with Crippen LogP contribution in [0.1, 0.15) is 17.0 Å². The van der Waals surface area contributed by atoms with Crippen LogP contribution in [0.25, 0.3) is 0 Å². The Morgan fingerprint density at radius 3 is 2.50 bits per heavy atom. The van der Waals surface area contributed by atoms with Crippen molar-refractivity contribution in [1.29, 1.82) is 0 Å². The molecule has 0 spiro atoms. The summed E-state index contributed by atoms with van der Waals surface area (Å²) in [7, 11) is 3.36. The fourth-order valence-electron chi connectivity index (χ4n) is 1.88. The molecule has 1 aliphatic carbocycles. The van der Waals surface area contributed by atoms with E-state index in [1.165, 1.54) is 22.0 Å². The van der Waals surface area contributed by atoms with Gasteiger partial charge in [0, 0.05) is 4.43 Å². The van der Waals surface area contributed by atoms with E-state index < -0.39 is 0 Å². The third-order valence-corrected chi connectivity index (χ3v) is 3.80. The monoisotopic (exact) mass is 304 g/mol. The molecule has 0 saturated carbocycles. The van der Waals surface area contributed by atoms with E-state index in [0.29, 0.717) is 5.92 Å². The summed E-state index contributed by atoms with van der Waals surface area (Å²) < 4.78 is 11.7. The molecule has 0 saturated heterocycles. The van der Waals surface area contributed by atoms with Crippen molar-refractivity contribution in [1.82, 2.24) is 0 Å². The van der Waals surface area contributed by atoms with Crippen molar-refractivity contribution in [2.75, 3.05) is 18.6 Å². The second-order valence-electron chi connectivity index (χ2n) is 3.46. The maximum Gasteiger partial charge on any atom is 0.161 e. The smallest absolute Gasteiger partial charge is 0.161 e. The molecule has 0 aromatic heterocycles. The van der Waals surface area contributed by atoms with Gasteiger partial charge in [-0.15, -0.1) is 0 Å². The van der Waals surface area contributed by atoms with Crippen molar-refractivity contribution < 1.29 is 9.47 Å². The SMILES string of the molecule is COc1cc2c(cc1OC)[C@@H](CI)C2. The van der Waals surface area contributed by atoms with E-state index >= 15 is 0 Å². The number of alkyl halides is 1. The molecule has 1 atom stereocenters. The average molecular weight is 304 g/mol. The molecule has 0 unspecified atom stereocenters. The number of methoxy groups -OCH3 is 2. The molecule has 76 valence electrons. The predicted molar refractivity (Wildman–Crippen MR) is 64.9 cm³/mol. The highest BCUT2D eigenvalue weighted by molar-refractivity contribution is 14.1. The second-order valence-corrected chi connectivity index (χ2v) is 4.34. The highest BCUT2D eigenvalue weighted by Gasteiger charge is 2.27. The van der Waals surface area contributed by atoms with Crippen LogP contribution in [-0.2, 0) is 6.42 Å². The molecule has 1 aromatic rings. The minimum absolute atomic E-state index is 0.713. The van der Waals surface area contributed by atoms with Crippen LogP contribution in [0.3, 0.4) is 0 Å². The van der Waals surface area contributed by atoms with E-state index in [0.717, 1.165) is 11.5 Å². The highest BCUT2D eigenvalue weighted by Crippen LogP contribution is 2.42. The van der Waals surface area contributed by atoms with Gasteiger partial charge >= 0.3 is 0 Å². The summed E-state index contributed by atoms with van der Waals surface area (Å²) in [6.45, 7) is 0. The molecule has 3 heteroatoms. The Morgan fingerprint density at radius 2 is 1.93 bits per heavy atom. The van der Waals surface area contributed by atoms with E-state index in [1.54, 1.807) is 14.2 Å². The van der Waals surface area contributed by atoms with Crippen LogP contribution in [0.5, 0.6) is 11.5 Å². The zero-order valence-electron chi connectivity index (χ0n) is 8.34. The molecule has 2 rings (SSSR count). The van der Waals surface area contributed by atoms with Crippen molar-refractivity contribution in [2.24, 2.45) is 0 Å². The predicted octanol–water partition coefficient (Wildman–Crippen LogP) is 2.78. The van der Waals surface area contributed by atoms with Gasteiger partial charge in [-0.3, -0.25) is 0 Å². The Hall–Kier alpha value is -0.450. The van der Waals surface area contributed by atoms with E-state index in [4.69, 9.17) is 9.47 Å². The fraction of sp³-hybridized carbons (Fsp3) is 0.455. The number of benzene rings is 1. The number of rotatable bonds is 3. The minimum Gasteiger partial charge on any atom is -0.493 e. The van der Waals surface area contributed by atoms with Gasteiger partial charge in [-0.1, -0.05) is 22.6 Å². The van der Waals surface area contributed by atoms with Crippen molar-refractivity contribution in [2.45, 2.75) is 12.3 Å². The van der Waals surface area contributed by atoms with Gasteiger partial charge in [-0.25, -0.2) is 0 Å². The molecule has 0 aliphatic heterocycles. The number of ether oxygens (including phenoxy) is 2. The number of hydrogen-bond donors (Lipinski definition) is 0. The molecule has 0 radical (unpaired) electrons. The van der Waals surface area contributed by atoms with Crippen molar-refractivity contribution in [3.63, 3.8) is 0 Å². The van der Waals surface area contributed by atoms with Gasteiger partial charge in [0.05, 0.1) is 14.2 Å². The lowest BCUT2D eigenvalue weighted by Gasteiger charge is -2.29. The van der Waals surface area contributed by atoms with E-state index in [2.05, 4.69) is 34.7 Å². The molecular formula is C11H13IO2. The molecule has 0 amide bonds. The van der Waals surface area contributed by atoms with Gasteiger partial charge in [0.25, 0.3) is 0 Å². The summed E-state index contributed by atoms with van der Waals surface area (Å²) in [6, 6.07) is 4.21. The molecule has 0 fully saturated rings. The quantitative estimate of drug-likeness (QED) is 0.631. The van der Waals surface area contributed by atoms with Crippen molar-refractivity contribution >= 4 is 22.6 Å². The molecule has 14 heavy (non-hydrogen) atoms. The molecule has 0 heterocycles. The molecule has 2 nitrogen and oxygen atoms in total. The largest absolute Gasteiger partial charge is 0.493 e. The van der Waals surface area contributed by atoms with Gasteiger partial charge in [0.1, 0.15) is 0 Å². The van der Waals surface area contributed by atoms with Crippen LogP contribution < -0.4 is 9.47 Å². The van der Waals surface area contributed by atoms with E-state index in [9.17, 15) is 0 Å². The maximum absolute atomic E-state index is 5.27. The Balaban J connectivity index is 2.38. The lowest BCUT2D eigenvalue weighted by molar-refractivity contribution is 0.352. The lowest BCUT2D eigenvalue weighted by Crippen LogP contribution is -2.18. The second kappa shape index (κ2) is 3.96. The van der Waals surface area contributed by atoms with Crippen LogP contribution in [0.2, 0.25) is 0 Å². The van der Waals surface area contributed by atoms with Gasteiger partial charge in [-0.05, 0) is 35.6 Å². The van der Waals surface area contributed by atoms with Crippen molar-refractivity contribution in [3.05, 3.63) is 23.3 Å². The summed E-state index contributed by atoms with van der Waals surface area (Å²) in [5.41, 5.74) is 2.83. The number of fused-ring (bicyclic) bond motifs is 1. The summed E-state index contributed by atoms with van der Waals surface area (Å²) in [6.07, 6.45) is 1.18. The summed E-state index contributed by atoms with van der Waals surface area (Å²) in [5.74, 6) is 2.41. The van der Waals surface area contributed by atoms with Crippen LogP contribution in [0, 0.1) is 0 Å². The average Bonchev–Trinajstić information content (AvgIpc) is 2.20. The first-order valence-electron chi connectivity index (χ1n) is 4.61.